The fourth-order valence-corrected chi connectivity index (χ4v) is 3.92. The van der Waals surface area contributed by atoms with Crippen molar-refractivity contribution in [2.24, 2.45) is 5.84 Å². The molecule has 2 nitrogen and oxygen atoms in total. The average molecular weight is 375 g/mol. The Hall–Kier alpha value is 0.100. The summed E-state index contributed by atoms with van der Waals surface area (Å²) in [5.41, 5.74) is 4.26. The summed E-state index contributed by atoms with van der Waals surface area (Å²) in [5.74, 6) is 5.67. The van der Waals surface area contributed by atoms with Crippen molar-refractivity contribution < 1.29 is 0 Å². The topological polar surface area (TPSA) is 38.0 Å². The molecule has 0 saturated carbocycles. The van der Waals surface area contributed by atoms with Crippen molar-refractivity contribution in [3.63, 3.8) is 0 Å². The van der Waals surface area contributed by atoms with Gasteiger partial charge < -0.3 is 0 Å². The molecule has 0 amide bonds. The molecular formula is C17H31BrN2S. The standard InChI is InChI=1S/C17H31BrN2S/c1-2-3-4-5-6-7-8-9-10-11-12-16(20-19)15-13-17(18)21-14-15/h13-14,16,20H,2-12,19H2,1H3. The third-order valence-corrected chi connectivity index (χ3v) is 5.56. The van der Waals surface area contributed by atoms with Crippen LogP contribution in [0.1, 0.15) is 89.2 Å². The van der Waals surface area contributed by atoms with Gasteiger partial charge in [0.25, 0.3) is 0 Å². The Labute approximate surface area is 143 Å². The van der Waals surface area contributed by atoms with Crippen molar-refractivity contribution in [2.45, 2.75) is 83.6 Å². The number of unbranched alkanes of at least 4 members (excludes halogenated alkanes) is 9. The van der Waals surface area contributed by atoms with Gasteiger partial charge >= 0.3 is 0 Å². The van der Waals surface area contributed by atoms with Crippen LogP contribution in [0.3, 0.4) is 0 Å². The summed E-state index contributed by atoms with van der Waals surface area (Å²) in [6, 6.07) is 2.48. The maximum absolute atomic E-state index is 5.67. The highest BCUT2D eigenvalue weighted by atomic mass is 79.9. The molecule has 1 atom stereocenters. The van der Waals surface area contributed by atoms with E-state index in [0.717, 1.165) is 6.42 Å². The van der Waals surface area contributed by atoms with E-state index in [2.05, 4.69) is 39.7 Å². The van der Waals surface area contributed by atoms with E-state index in [9.17, 15) is 0 Å². The zero-order chi connectivity index (χ0) is 15.3. The first-order chi connectivity index (χ1) is 10.3. The van der Waals surface area contributed by atoms with E-state index in [0.29, 0.717) is 6.04 Å². The van der Waals surface area contributed by atoms with E-state index >= 15 is 0 Å². The van der Waals surface area contributed by atoms with Gasteiger partial charge in [0.2, 0.25) is 0 Å². The van der Waals surface area contributed by atoms with E-state index in [-0.39, 0.29) is 0 Å². The summed E-state index contributed by atoms with van der Waals surface area (Å²) < 4.78 is 1.18. The number of thiophene rings is 1. The van der Waals surface area contributed by atoms with Crippen LogP contribution in [-0.2, 0) is 0 Å². The van der Waals surface area contributed by atoms with Crippen molar-refractivity contribution in [3.8, 4) is 0 Å². The number of hydrazine groups is 1. The number of hydrogen-bond acceptors (Lipinski definition) is 3. The molecule has 1 aromatic heterocycles. The molecule has 0 spiro atoms. The van der Waals surface area contributed by atoms with E-state index in [4.69, 9.17) is 5.84 Å². The molecule has 0 saturated heterocycles. The van der Waals surface area contributed by atoms with Crippen LogP contribution >= 0.6 is 27.3 Å². The second-order valence-corrected chi connectivity index (χ2v) is 8.16. The van der Waals surface area contributed by atoms with Crippen LogP contribution < -0.4 is 11.3 Å². The van der Waals surface area contributed by atoms with Crippen LogP contribution in [0.5, 0.6) is 0 Å². The minimum absolute atomic E-state index is 0.307. The van der Waals surface area contributed by atoms with Gasteiger partial charge in [0, 0.05) is 6.04 Å². The van der Waals surface area contributed by atoms with Gasteiger partial charge in [0.15, 0.2) is 0 Å². The lowest BCUT2D eigenvalue weighted by molar-refractivity contribution is 0.475. The van der Waals surface area contributed by atoms with Gasteiger partial charge in [0.1, 0.15) is 0 Å². The lowest BCUT2D eigenvalue weighted by Crippen LogP contribution is -2.27. The van der Waals surface area contributed by atoms with Gasteiger partial charge in [-0.15, -0.1) is 11.3 Å². The maximum Gasteiger partial charge on any atom is 0.0701 e. The van der Waals surface area contributed by atoms with Crippen molar-refractivity contribution in [3.05, 3.63) is 20.8 Å². The van der Waals surface area contributed by atoms with Gasteiger partial charge in [-0.05, 0) is 39.4 Å². The van der Waals surface area contributed by atoms with Gasteiger partial charge in [-0.1, -0.05) is 71.1 Å². The highest BCUT2D eigenvalue weighted by molar-refractivity contribution is 9.11. The Morgan fingerprint density at radius 3 is 2.10 bits per heavy atom. The first-order valence-corrected chi connectivity index (χ1v) is 10.1. The lowest BCUT2D eigenvalue weighted by atomic mass is 10.0. The Bertz CT molecular complexity index is 354. The average Bonchev–Trinajstić information content (AvgIpc) is 2.91. The Morgan fingerprint density at radius 1 is 1.05 bits per heavy atom. The summed E-state index contributed by atoms with van der Waals surface area (Å²) in [4.78, 5) is 0. The second kappa shape index (κ2) is 12.6. The molecule has 0 aliphatic rings. The van der Waals surface area contributed by atoms with Crippen LogP contribution in [0.15, 0.2) is 15.2 Å². The third-order valence-electron chi connectivity index (χ3n) is 4.04. The van der Waals surface area contributed by atoms with Gasteiger partial charge in [0.05, 0.1) is 3.79 Å². The largest absolute Gasteiger partial charge is 0.271 e. The highest BCUT2D eigenvalue weighted by Gasteiger charge is 2.10. The second-order valence-electron chi connectivity index (χ2n) is 5.87. The summed E-state index contributed by atoms with van der Waals surface area (Å²) in [6.45, 7) is 2.28. The van der Waals surface area contributed by atoms with Gasteiger partial charge in [-0.25, -0.2) is 0 Å². The zero-order valence-corrected chi connectivity index (χ0v) is 15.8. The molecule has 122 valence electrons. The Kier molecular flexibility index (Phi) is 11.5. The molecule has 0 radical (unpaired) electrons. The van der Waals surface area contributed by atoms with E-state index in [1.54, 1.807) is 11.3 Å². The molecule has 4 heteroatoms. The molecule has 1 aromatic rings. The smallest absolute Gasteiger partial charge is 0.0701 e. The van der Waals surface area contributed by atoms with Gasteiger partial charge in [-0.2, -0.15) is 0 Å². The van der Waals surface area contributed by atoms with Gasteiger partial charge in [-0.3, -0.25) is 11.3 Å². The van der Waals surface area contributed by atoms with Crippen molar-refractivity contribution in [2.75, 3.05) is 0 Å². The molecule has 0 aromatic carbocycles. The SMILES string of the molecule is CCCCCCCCCCCCC(NN)c1csc(Br)c1. The summed E-state index contributed by atoms with van der Waals surface area (Å²) in [5, 5.41) is 2.19. The highest BCUT2D eigenvalue weighted by Crippen LogP contribution is 2.27. The van der Waals surface area contributed by atoms with Crippen LogP contribution in [-0.4, -0.2) is 0 Å². The molecule has 0 fully saturated rings. The Morgan fingerprint density at radius 2 is 1.62 bits per heavy atom. The summed E-state index contributed by atoms with van der Waals surface area (Å²) in [6.07, 6.45) is 15.0. The molecule has 1 heterocycles. The van der Waals surface area contributed by atoms with Crippen LogP contribution in [0, 0.1) is 0 Å². The predicted molar refractivity (Wildman–Crippen MR) is 98.5 cm³/mol. The quantitative estimate of drug-likeness (QED) is 0.240. The summed E-state index contributed by atoms with van der Waals surface area (Å²) >= 11 is 5.24. The fraction of sp³-hybridized carbons (Fsp3) is 0.765. The van der Waals surface area contributed by atoms with E-state index in [1.807, 2.05) is 0 Å². The first-order valence-electron chi connectivity index (χ1n) is 8.48. The molecule has 1 rings (SSSR count). The monoisotopic (exact) mass is 374 g/mol. The normalized spacial score (nSPS) is 12.7. The number of rotatable bonds is 13. The minimum atomic E-state index is 0.307. The minimum Gasteiger partial charge on any atom is -0.271 e. The molecule has 1 unspecified atom stereocenters. The maximum atomic E-state index is 5.67. The predicted octanol–water partition coefficient (Wildman–Crippen LogP) is 6.33. The van der Waals surface area contributed by atoms with Crippen molar-refractivity contribution in [1.29, 1.82) is 0 Å². The fourth-order valence-electron chi connectivity index (χ4n) is 2.69. The molecule has 0 aliphatic carbocycles. The number of nitrogens with two attached hydrogens (primary N) is 1. The number of hydrogen-bond donors (Lipinski definition) is 2. The van der Waals surface area contributed by atoms with Crippen molar-refractivity contribution in [1.82, 2.24) is 5.43 Å². The van der Waals surface area contributed by atoms with Crippen LogP contribution in [0.4, 0.5) is 0 Å². The molecule has 0 aliphatic heterocycles. The van der Waals surface area contributed by atoms with E-state index < -0.39 is 0 Å². The molecule has 21 heavy (non-hydrogen) atoms. The third kappa shape index (κ3) is 8.97. The van der Waals surface area contributed by atoms with E-state index in [1.165, 1.54) is 73.6 Å². The first kappa shape index (κ1) is 19.1. The lowest BCUT2D eigenvalue weighted by Gasteiger charge is -2.14. The van der Waals surface area contributed by atoms with Crippen LogP contribution in [0.25, 0.3) is 0 Å². The van der Waals surface area contributed by atoms with Crippen LogP contribution in [0.2, 0.25) is 0 Å². The molecule has 0 bridgehead atoms. The number of nitrogens with one attached hydrogen (secondary N) is 1. The number of halogens is 1. The summed E-state index contributed by atoms with van der Waals surface area (Å²) in [7, 11) is 0. The zero-order valence-electron chi connectivity index (χ0n) is 13.4. The van der Waals surface area contributed by atoms with Crippen molar-refractivity contribution >= 4 is 27.3 Å². The Balaban J connectivity index is 1.98. The molecular weight excluding hydrogens is 344 g/mol. The molecule has 3 N–H and O–H groups in total.